The highest BCUT2D eigenvalue weighted by Gasteiger charge is 2.23. The summed E-state index contributed by atoms with van der Waals surface area (Å²) in [6.45, 7) is 0. The SMILES string of the molecule is N#CC(C(=O)c1ccccc1I)c1cccc(Cl)c1. The van der Waals surface area contributed by atoms with Gasteiger partial charge >= 0.3 is 0 Å². The van der Waals surface area contributed by atoms with Crippen LogP contribution in [0.4, 0.5) is 0 Å². The van der Waals surface area contributed by atoms with Crippen molar-refractivity contribution >= 4 is 40.0 Å². The van der Waals surface area contributed by atoms with Gasteiger partial charge < -0.3 is 0 Å². The van der Waals surface area contributed by atoms with Crippen molar-refractivity contribution in [3.05, 3.63) is 68.3 Å². The van der Waals surface area contributed by atoms with E-state index in [1.54, 1.807) is 36.4 Å². The summed E-state index contributed by atoms with van der Waals surface area (Å²) in [5.74, 6) is -1.02. The zero-order valence-corrected chi connectivity index (χ0v) is 12.7. The van der Waals surface area contributed by atoms with E-state index in [-0.39, 0.29) is 5.78 Å². The summed E-state index contributed by atoms with van der Waals surface area (Å²) in [4.78, 5) is 12.4. The number of carbonyl (C=O) groups excluding carboxylic acids is 1. The molecule has 2 rings (SSSR count). The van der Waals surface area contributed by atoms with Gasteiger partial charge in [-0.2, -0.15) is 5.26 Å². The fourth-order valence-corrected chi connectivity index (χ4v) is 2.64. The minimum atomic E-state index is -0.824. The van der Waals surface area contributed by atoms with Crippen LogP contribution in [0.2, 0.25) is 5.02 Å². The highest BCUT2D eigenvalue weighted by atomic mass is 127. The second kappa shape index (κ2) is 6.18. The van der Waals surface area contributed by atoms with Gasteiger partial charge in [0.2, 0.25) is 0 Å². The molecule has 4 heteroatoms. The van der Waals surface area contributed by atoms with E-state index in [1.165, 1.54) is 0 Å². The van der Waals surface area contributed by atoms with E-state index in [1.807, 2.05) is 12.1 Å². The number of hydrogen-bond acceptors (Lipinski definition) is 2. The third-order valence-corrected chi connectivity index (χ3v) is 3.89. The lowest BCUT2D eigenvalue weighted by molar-refractivity contribution is 0.0978. The first kappa shape index (κ1) is 14.0. The van der Waals surface area contributed by atoms with Crippen LogP contribution in [-0.4, -0.2) is 5.78 Å². The molecule has 2 aromatic rings. The molecule has 0 spiro atoms. The Balaban J connectivity index is 2.42. The molecule has 94 valence electrons. The maximum Gasteiger partial charge on any atom is 0.185 e. The number of hydrogen-bond donors (Lipinski definition) is 0. The van der Waals surface area contributed by atoms with Crippen molar-refractivity contribution in [3.8, 4) is 6.07 Å². The van der Waals surface area contributed by atoms with Crippen LogP contribution < -0.4 is 0 Å². The highest BCUT2D eigenvalue weighted by Crippen LogP contribution is 2.25. The molecule has 0 aliphatic heterocycles. The van der Waals surface area contributed by atoms with Crippen LogP contribution in [0.15, 0.2) is 48.5 Å². The lowest BCUT2D eigenvalue weighted by atomic mass is 9.92. The molecule has 0 saturated carbocycles. The number of carbonyl (C=O) groups is 1. The van der Waals surface area contributed by atoms with Gasteiger partial charge in [0.25, 0.3) is 0 Å². The highest BCUT2D eigenvalue weighted by molar-refractivity contribution is 14.1. The molecule has 19 heavy (non-hydrogen) atoms. The zero-order chi connectivity index (χ0) is 13.8. The molecule has 0 bridgehead atoms. The Morgan fingerprint density at radius 3 is 2.58 bits per heavy atom. The second-order valence-corrected chi connectivity index (χ2v) is 5.56. The van der Waals surface area contributed by atoms with Crippen LogP contribution in [0.1, 0.15) is 21.8 Å². The summed E-state index contributed by atoms with van der Waals surface area (Å²) in [6.07, 6.45) is 0. The number of nitrogens with zero attached hydrogens (tertiary/aromatic N) is 1. The lowest BCUT2D eigenvalue weighted by Gasteiger charge is -2.10. The molecule has 0 aromatic heterocycles. The summed E-state index contributed by atoms with van der Waals surface area (Å²) in [5, 5.41) is 9.80. The molecule has 0 aliphatic rings. The van der Waals surface area contributed by atoms with Gasteiger partial charge in [-0.3, -0.25) is 4.79 Å². The van der Waals surface area contributed by atoms with Gasteiger partial charge in [0.15, 0.2) is 5.78 Å². The average molecular weight is 382 g/mol. The summed E-state index contributed by atoms with van der Waals surface area (Å²) < 4.78 is 0.840. The number of nitriles is 1. The van der Waals surface area contributed by atoms with Crippen molar-refractivity contribution in [2.45, 2.75) is 5.92 Å². The van der Waals surface area contributed by atoms with Gasteiger partial charge in [0, 0.05) is 14.2 Å². The Kier molecular flexibility index (Phi) is 4.56. The third kappa shape index (κ3) is 3.14. The summed E-state index contributed by atoms with van der Waals surface area (Å²) in [6, 6.07) is 16.2. The van der Waals surface area contributed by atoms with Crippen LogP contribution in [0.25, 0.3) is 0 Å². The van der Waals surface area contributed by atoms with Crippen LogP contribution in [0.5, 0.6) is 0 Å². The summed E-state index contributed by atoms with van der Waals surface area (Å²) in [5.41, 5.74) is 1.19. The van der Waals surface area contributed by atoms with Crippen molar-refractivity contribution in [2.75, 3.05) is 0 Å². The van der Waals surface area contributed by atoms with Crippen LogP contribution in [0, 0.1) is 14.9 Å². The summed E-state index contributed by atoms with van der Waals surface area (Å²) in [7, 11) is 0. The van der Waals surface area contributed by atoms with E-state index in [0.717, 1.165) is 3.57 Å². The second-order valence-electron chi connectivity index (χ2n) is 3.96. The largest absolute Gasteiger partial charge is 0.292 e. The van der Waals surface area contributed by atoms with E-state index in [2.05, 4.69) is 28.7 Å². The Morgan fingerprint density at radius 2 is 1.95 bits per heavy atom. The lowest BCUT2D eigenvalue weighted by Crippen LogP contribution is -2.12. The number of benzene rings is 2. The molecule has 1 atom stereocenters. The van der Waals surface area contributed by atoms with Crippen LogP contribution in [0.3, 0.4) is 0 Å². The van der Waals surface area contributed by atoms with Gasteiger partial charge in [-0.05, 0) is 46.4 Å². The summed E-state index contributed by atoms with van der Waals surface area (Å²) >= 11 is 8.00. The Bertz CT molecular complexity index is 663. The minimum Gasteiger partial charge on any atom is -0.292 e. The van der Waals surface area contributed by atoms with Crippen molar-refractivity contribution in [2.24, 2.45) is 0 Å². The van der Waals surface area contributed by atoms with E-state index in [9.17, 15) is 10.1 Å². The molecule has 2 nitrogen and oxygen atoms in total. The average Bonchev–Trinajstić information content (AvgIpc) is 2.40. The molecule has 0 saturated heterocycles. The fourth-order valence-electron chi connectivity index (χ4n) is 1.79. The fraction of sp³-hybridized carbons (Fsp3) is 0.0667. The van der Waals surface area contributed by atoms with Gasteiger partial charge in [-0.15, -0.1) is 0 Å². The molecule has 0 N–H and O–H groups in total. The van der Waals surface area contributed by atoms with E-state index >= 15 is 0 Å². The minimum absolute atomic E-state index is 0.199. The quantitative estimate of drug-likeness (QED) is 0.583. The molecule has 1 unspecified atom stereocenters. The van der Waals surface area contributed by atoms with Gasteiger partial charge in [0.05, 0.1) is 6.07 Å². The normalized spacial score (nSPS) is 11.6. The Hall–Kier alpha value is -1.38. The Morgan fingerprint density at radius 1 is 1.21 bits per heavy atom. The number of halogens is 2. The zero-order valence-electron chi connectivity index (χ0n) is 9.81. The number of ketones is 1. The molecular formula is C15H9ClINO. The van der Waals surface area contributed by atoms with Crippen LogP contribution in [-0.2, 0) is 0 Å². The molecule has 0 heterocycles. The molecule has 2 aromatic carbocycles. The first-order chi connectivity index (χ1) is 9.13. The van der Waals surface area contributed by atoms with Crippen molar-refractivity contribution in [1.82, 2.24) is 0 Å². The molecule has 0 aliphatic carbocycles. The van der Waals surface area contributed by atoms with Crippen molar-refractivity contribution in [3.63, 3.8) is 0 Å². The van der Waals surface area contributed by atoms with E-state index in [4.69, 9.17) is 11.6 Å². The third-order valence-electron chi connectivity index (χ3n) is 2.71. The smallest absolute Gasteiger partial charge is 0.185 e. The molecule has 0 fully saturated rings. The standard InChI is InChI=1S/C15H9ClINO/c16-11-5-3-4-10(8-11)13(9-18)15(19)12-6-1-2-7-14(12)17/h1-8,13H. The first-order valence-electron chi connectivity index (χ1n) is 5.57. The molecule has 0 radical (unpaired) electrons. The van der Waals surface area contributed by atoms with E-state index in [0.29, 0.717) is 16.1 Å². The van der Waals surface area contributed by atoms with Gasteiger partial charge in [0.1, 0.15) is 5.92 Å². The Labute approximate surface area is 130 Å². The predicted octanol–water partition coefficient (Wildman–Crippen LogP) is 4.43. The van der Waals surface area contributed by atoms with Gasteiger partial charge in [-0.25, -0.2) is 0 Å². The van der Waals surface area contributed by atoms with E-state index < -0.39 is 5.92 Å². The van der Waals surface area contributed by atoms with Crippen LogP contribution >= 0.6 is 34.2 Å². The molecular weight excluding hydrogens is 373 g/mol. The molecule has 0 amide bonds. The maximum absolute atomic E-state index is 12.4. The topological polar surface area (TPSA) is 40.9 Å². The number of Topliss-reactive ketones (excluding diaryl/α,β-unsaturated/α-hetero) is 1. The van der Waals surface area contributed by atoms with Crippen molar-refractivity contribution in [1.29, 1.82) is 5.26 Å². The monoisotopic (exact) mass is 381 g/mol. The van der Waals surface area contributed by atoms with Crippen molar-refractivity contribution < 1.29 is 4.79 Å². The maximum atomic E-state index is 12.4. The first-order valence-corrected chi connectivity index (χ1v) is 7.03. The predicted molar refractivity (Wildman–Crippen MR) is 83.3 cm³/mol. The number of rotatable bonds is 3. The van der Waals surface area contributed by atoms with Gasteiger partial charge in [-0.1, -0.05) is 41.9 Å².